The SMILES string of the molecule is CC(=O)O[C@@]12COC1CC(O)[C@@]1(C)C(=O)C(O)C3=C(C)C(O)C(O)[C@@](O)(C(OC(=O)c4ccccc4)C21)C3(C)C. The summed E-state index contributed by atoms with van der Waals surface area (Å²) in [6, 6.07) is 7.83. The Hall–Kier alpha value is -2.67. The van der Waals surface area contributed by atoms with Crippen LogP contribution < -0.4 is 0 Å². The van der Waals surface area contributed by atoms with E-state index in [2.05, 4.69) is 0 Å². The van der Waals surface area contributed by atoms with Gasteiger partial charge in [0.05, 0.1) is 29.6 Å². The number of esters is 2. The quantitative estimate of drug-likeness (QED) is 0.249. The number of carbonyl (C=O) groups is 3. The zero-order valence-corrected chi connectivity index (χ0v) is 23.0. The van der Waals surface area contributed by atoms with Gasteiger partial charge in [-0.15, -0.1) is 0 Å². The van der Waals surface area contributed by atoms with E-state index in [4.69, 9.17) is 14.2 Å². The Morgan fingerprint density at radius 1 is 1.05 bits per heavy atom. The summed E-state index contributed by atoms with van der Waals surface area (Å²) in [6.45, 7) is 6.63. The lowest BCUT2D eigenvalue weighted by molar-refractivity contribution is -0.352. The van der Waals surface area contributed by atoms with E-state index in [9.17, 15) is 39.9 Å². The Morgan fingerprint density at radius 3 is 2.23 bits per heavy atom. The number of Topliss-reactive ketones (excluding diaryl/α,β-unsaturated/α-hetero) is 1. The van der Waals surface area contributed by atoms with Crippen molar-refractivity contribution in [2.24, 2.45) is 16.7 Å². The van der Waals surface area contributed by atoms with Gasteiger partial charge in [0.15, 0.2) is 11.4 Å². The van der Waals surface area contributed by atoms with Crippen LogP contribution in [-0.4, -0.2) is 97.7 Å². The van der Waals surface area contributed by atoms with E-state index in [0.717, 1.165) is 6.92 Å². The summed E-state index contributed by atoms with van der Waals surface area (Å²) >= 11 is 0. The third kappa shape index (κ3) is 3.48. The number of hydrogen-bond donors (Lipinski definition) is 5. The monoisotopic (exact) mass is 560 g/mol. The Kier molecular flexibility index (Phi) is 6.61. The van der Waals surface area contributed by atoms with Gasteiger partial charge in [0.2, 0.25) is 0 Å². The van der Waals surface area contributed by atoms with Crippen molar-refractivity contribution < 1.29 is 54.1 Å². The van der Waals surface area contributed by atoms with Crippen molar-refractivity contribution in [2.75, 3.05) is 6.61 Å². The van der Waals surface area contributed by atoms with Gasteiger partial charge in [0.1, 0.15) is 36.1 Å². The van der Waals surface area contributed by atoms with Crippen LogP contribution in [0.1, 0.15) is 51.4 Å². The van der Waals surface area contributed by atoms with Gasteiger partial charge in [-0.05, 0) is 37.1 Å². The molecule has 3 fully saturated rings. The van der Waals surface area contributed by atoms with Gasteiger partial charge in [-0.2, -0.15) is 0 Å². The largest absolute Gasteiger partial charge is 0.455 e. The van der Waals surface area contributed by atoms with Crippen molar-refractivity contribution in [2.45, 2.75) is 88.9 Å². The lowest BCUT2D eigenvalue weighted by Gasteiger charge is -2.67. The molecule has 5 rings (SSSR count). The summed E-state index contributed by atoms with van der Waals surface area (Å²) in [5, 5.41) is 58.3. The molecule has 0 radical (unpaired) electrons. The van der Waals surface area contributed by atoms with Gasteiger partial charge in [-0.3, -0.25) is 9.59 Å². The standard InChI is InChI=1S/C29H36O11/c1-13-18-20(33)22(34)27(5)16(31)11-17-28(12-38-17,40-14(2)30)21(27)24(39-25(36)15-9-7-6-8-10-15)29(37,26(18,3)4)23(35)19(13)32/h6-10,16-17,19-21,23-24,31-33,35,37H,11-12H2,1-5H3/t16?,17?,19?,20?,21?,23?,24?,27-,28+,29-/m1/s1. The average molecular weight is 561 g/mol. The number of ether oxygens (including phenoxy) is 3. The summed E-state index contributed by atoms with van der Waals surface area (Å²) in [7, 11) is 0. The minimum absolute atomic E-state index is 0.0565. The molecule has 218 valence electrons. The van der Waals surface area contributed by atoms with Gasteiger partial charge in [-0.1, -0.05) is 32.0 Å². The summed E-state index contributed by atoms with van der Waals surface area (Å²) in [4.78, 5) is 40.3. The van der Waals surface area contributed by atoms with Gasteiger partial charge in [-0.25, -0.2) is 4.79 Å². The maximum Gasteiger partial charge on any atom is 0.338 e. The lowest BCUT2D eigenvalue weighted by Crippen LogP contribution is -2.83. The predicted molar refractivity (Wildman–Crippen MR) is 137 cm³/mol. The van der Waals surface area contributed by atoms with Crippen LogP contribution in [0.2, 0.25) is 0 Å². The molecule has 11 heteroatoms. The first kappa shape index (κ1) is 28.8. The minimum atomic E-state index is -2.55. The van der Waals surface area contributed by atoms with Gasteiger partial charge in [0, 0.05) is 18.8 Å². The van der Waals surface area contributed by atoms with E-state index >= 15 is 0 Å². The first-order chi connectivity index (χ1) is 18.6. The second-order valence-electron chi connectivity index (χ2n) is 12.3. The summed E-state index contributed by atoms with van der Waals surface area (Å²) < 4.78 is 17.5. The number of benzene rings is 1. The fourth-order valence-electron chi connectivity index (χ4n) is 7.79. The molecule has 7 unspecified atom stereocenters. The van der Waals surface area contributed by atoms with Crippen molar-refractivity contribution in [1.82, 2.24) is 0 Å². The number of aliphatic hydroxyl groups excluding tert-OH is 4. The molecule has 1 aromatic rings. The van der Waals surface area contributed by atoms with Crippen LogP contribution in [0.25, 0.3) is 0 Å². The van der Waals surface area contributed by atoms with Gasteiger partial charge in [0.25, 0.3) is 0 Å². The highest BCUT2D eigenvalue weighted by Gasteiger charge is 2.79. The molecule has 1 aliphatic heterocycles. The molecule has 0 aromatic heterocycles. The molecule has 3 aliphatic carbocycles. The molecule has 40 heavy (non-hydrogen) atoms. The van der Waals surface area contributed by atoms with Crippen molar-refractivity contribution in [3.63, 3.8) is 0 Å². The van der Waals surface area contributed by atoms with Crippen molar-refractivity contribution in [3.8, 4) is 0 Å². The Balaban J connectivity index is 1.85. The zero-order valence-electron chi connectivity index (χ0n) is 23.0. The number of hydrogen-bond acceptors (Lipinski definition) is 11. The van der Waals surface area contributed by atoms with Crippen LogP contribution >= 0.6 is 0 Å². The van der Waals surface area contributed by atoms with Crippen LogP contribution in [0.5, 0.6) is 0 Å². The van der Waals surface area contributed by atoms with Crippen LogP contribution in [0, 0.1) is 16.7 Å². The summed E-state index contributed by atoms with van der Waals surface area (Å²) in [5.41, 5.74) is -7.76. The molecule has 11 nitrogen and oxygen atoms in total. The van der Waals surface area contributed by atoms with Crippen LogP contribution in [0.4, 0.5) is 0 Å². The van der Waals surface area contributed by atoms with Crippen molar-refractivity contribution in [1.29, 1.82) is 0 Å². The highest BCUT2D eigenvalue weighted by atomic mass is 16.6. The minimum Gasteiger partial charge on any atom is -0.455 e. The van der Waals surface area contributed by atoms with Crippen LogP contribution in [-0.2, 0) is 23.8 Å². The normalized spacial score (nSPS) is 43.9. The lowest BCUT2D eigenvalue weighted by atomic mass is 9.44. The Morgan fingerprint density at radius 2 is 1.68 bits per heavy atom. The highest BCUT2D eigenvalue weighted by Crippen LogP contribution is 2.63. The molecule has 0 amide bonds. The van der Waals surface area contributed by atoms with Crippen LogP contribution in [0.3, 0.4) is 0 Å². The molecule has 1 aromatic carbocycles. The first-order valence-electron chi connectivity index (χ1n) is 13.3. The van der Waals surface area contributed by atoms with E-state index in [1.54, 1.807) is 18.2 Å². The van der Waals surface area contributed by atoms with Gasteiger partial charge < -0.3 is 39.7 Å². The Labute approximate surface area is 231 Å². The van der Waals surface area contributed by atoms with Gasteiger partial charge >= 0.3 is 11.9 Å². The van der Waals surface area contributed by atoms with E-state index in [0.29, 0.717) is 0 Å². The van der Waals surface area contributed by atoms with Crippen LogP contribution in [0.15, 0.2) is 41.5 Å². The molecular formula is C29H36O11. The maximum atomic E-state index is 14.3. The predicted octanol–water partition coefficient (Wildman–Crippen LogP) is 0.0526. The van der Waals surface area contributed by atoms with E-state index in [-0.39, 0.29) is 29.7 Å². The first-order valence-corrected chi connectivity index (χ1v) is 13.3. The highest BCUT2D eigenvalue weighted by molar-refractivity contribution is 5.94. The van der Waals surface area contributed by atoms with Crippen molar-refractivity contribution >= 4 is 17.7 Å². The maximum absolute atomic E-state index is 14.3. The summed E-state index contributed by atoms with van der Waals surface area (Å²) in [5.74, 6) is -4.04. The second kappa shape index (κ2) is 9.17. The smallest absolute Gasteiger partial charge is 0.338 e. The van der Waals surface area contributed by atoms with E-state index in [1.165, 1.54) is 39.8 Å². The average Bonchev–Trinajstić information content (AvgIpc) is 2.90. The van der Waals surface area contributed by atoms with Crippen molar-refractivity contribution in [3.05, 3.63) is 47.0 Å². The number of aliphatic hydroxyl groups is 5. The molecule has 1 heterocycles. The number of carbonyl (C=O) groups excluding carboxylic acids is 3. The zero-order chi connectivity index (χ0) is 29.6. The second-order valence-corrected chi connectivity index (χ2v) is 12.3. The third-order valence-corrected chi connectivity index (χ3v) is 10.0. The fourth-order valence-corrected chi connectivity index (χ4v) is 7.79. The van der Waals surface area contributed by atoms with E-state index in [1.807, 2.05) is 0 Å². The van der Waals surface area contributed by atoms with E-state index < -0.39 is 82.3 Å². The number of ketones is 1. The fraction of sp³-hybridized carbons (Fsp3) is 0.621. The molecular weight excluding hydrogens is 524 g/mol. The number of rotatable bonds is 3. The Bertz CT molecular complexity index is 1270. The third-order valence-electron chi connectivity index (χ3n) is 10.0. The molecule has 10 atom stereocenters. The summed E-state index contributed by atoms with van der Waals surface area (Å²) in [6.07, 6.45) is -10.1. The molecule has 4 aliphatic rings. The topological polar surface area (TPSA) is 180 Å². The molecule has 0 spiro atoms. The molecule has 2 saturated carbocycles. The molecule has 1 saturated heterocycles. The molecule has 5 N–H and O–H groups in total. The number of fused-ring (bicyclic) bond motifs is 5. The molecule has 2 bridgehead atoms.